The summed E-state index contributed by atoms with van der Waals surface area (Å²) in [6, 6.07) is 6.10. The number of nitrogens with zero attached hydrogens (tertiary/aromatic N) is 1. The number of aromatic nitrogens is 1. The Balaban J connectivity index is 2.03. The van der Waals surface area contributed by atoms with E-state index in [1.165, 1.54) is 12.8 Å². The van der Waals surface area contributed by atoms with Crippen LogP contribution in [0, 0.1) is 17.3 Å². The van der Waals surface area contributed by atoms with Gasteiger partial charge in [0.2, 0.25) is 0 Å². The van der Waals surface area contributed by atoms with Gasteiger partial charge in [0.25, 0.3) is 0 Å². The van der Waals surface area contributed by atoms with Crippen LogP contribution >= 0.6 is 12.6 Å². The fourth-order valence-corrected chi connectivity index (χ4v) is 4.53. The van der Waals surface area contributed by atoms with Gasteiger partial charge < -0.3 is 9.47 Å². The molecule has 1 fully saturated rings. The number of ether oxygens (including phenoxy) is 2. The lowest BCUT2D eigenvalue weighted by Crippen LogP contribution is -2.38. The third-order valence-electron chi connectivity index (χ3n) is 6.67. The van der Waals surface area contributed by atoms with Crippen molar-refractivity contribution in [3.63, 3.8) is 0 Å². The molecule has 0 bridgehead atoms. The fraction of sp³-hybridized carbons (Fsp3) is 0.815. The molecule has 1 aromatic heterocycles. The van der Waals surface area contributed by atoms with Gasteiger partial charge in [-0.15, -0.1) is 0 Å². The summed E-state index contributed by atoms with van der Waals surface area (Å²) in [5, 5.41) is 0. The number of rotatable bonds is 11. The molecule has 0 spiro atoms. The zero-order valence-corrected chi connectivity index (χ0v) is 22.4. The second kappa shape index (κ2) is 10.1. The molecule has 0 aliphatic heterocycles. The molecule has 1 unspecified atom stereocenters. The van der Waals surface area contributed by atoms with Crippen molar-refractivity contribution in [3.05, 3.63) is 30.1 Å². The third-order valence-corrected chi connectivity index (χ3v) is 7.20. The number of thiol groups is 1. The molecule has 3 atom stereocenters. The van der Waals surface area contributed by atoms with E-state index < -0.39 is 0 Å². The lowest BCUT2D eigenvalue weighted by molar-refractivity contribution is -0.0653. The van der Waals surface area contributed by atoms with Crippen molar-refractivity contribution in [3.8, 4) is 0 Å². The van der Waals surface area contributed by atoms with Crippen LogP contribution in [0.15, 0.2) is 24.4 Å². The van der Waals surface area contributed by atoms with Gasteiger partial charge in [-0.25, -0.2) is 0 Å². The van der Waals surface area contributed by atoms with E-state index in [0.29, 0.717) is 17.9 Å². The van der Waals surface area contributed by atoms with E-state index in [1.54, 1.807) is 0 Å². The number of hydrogen-bond donors (Lipinski definition) is 1. The number of hydrogen-bond acceptors (Lipinski definition) is 4. The van der Waals surface area contributed by atoms with E-state index >= 15 is 0 Å². The van der Waals surface area contributed by atoms with Crippen molar-refractivity contribution in [2.24, 2.45) is 17.3 Å². The van der Waals surface area contributed by atoms with Crippen LogP contribution in [-0.2, 0) is 9.47 Å². The maximum absolute atomic E-state index is 6.53. The van der Waals surface area contributed by atoms with Crippen LogP contribution in [0.1, 0.15) is 99.6 Å². The highest BCUT2D eigenvalue weighted by Gasteiger charge is 2.40. The molecule has 2 rings (SSSR count). The highest BCUT2D eigenvalue weighted by molar-refractivity contribution is 7.81. The first-order chi connectivity index (χ1) is 14.1. The average Bonchev–Trinajstić information content (AvgIpc) is 3.44. The van der Waals surface area contributed by atoms with Gasteiger partial charge in [-0.1, -0.05) is 26.8 Å². The van der Waals surface area contributed by atoms with Gasteiger partial charge in [0.05, 0.1) is 24.4 Å². The topological polar surface area (TPSA) is 31.4 Å². The van der Waals surface area contributed by atoms with Gasteiger partial charge in [-0.05, 0) is 96.6 Å². The highest BCUT2D eigenvalue weighted by Crippen LogP contribution is 2.46. The third kappa shape index (κ3) is 9.06. The summed E-state index contributed by atoms with van der Waals surface area (Å²) in [5.74, 6) is 1.59. The second-order valence-corrected chi connectivity index (χ2v) is 13.5. The van der Waals surface area contributed by atoms with Crippen LogP contribution in [0.3, 0.4) is 0 Å². The van der Waals surface area contributed by atoms with Crippen molar-refractivity contribution >= 4 is 12.6 Å². The first-order valence-electron chi connectivity index (χ1n) is 12.0. The van der Waals surface area contributed by atoms with E-state index in [2.05, 4.69) is 73.4 Å². The second-order valence-electron chi connectivity index (χ2n) is 12.5. The smallest absolute Gasteiger partial charge is 0.0627 e. The molecule has 1 heterocycles. The van der Waals surface area contributed by atoms with Crippen LogP contribution in [0.4, 0.5) is 0 Å². The summed E-state index contributed by atoms with van der Waals surface area (Å²) in [6.45, 7) is 21.5. The van der Waals surface area contributed by atoms with E-state index in [0.717, 1.165) is 31.1 Å². The van der Waals surface area contributed by atoms with Crippen molar-refractivity contribution in [1.29, 1.82) is 0 Å². The van der Waals surface area contributed by atoms with Gasteiger partial charge in [-0.3, -0.25) is 4.98 Å². The molecule has 1 aliphatic carbocycles. The van der Waals surface area contributed by atoms with Crippen molar-refractivity contribution in [2.75, 3.05) is 13.2 Å². The molecule has 1 saturated carbocycles. The molecule has 0 amide bonds. The summed E-state index contributed by atoms with van der Waals surface area (Å²) < 4.78 is 12.5. The summed E-state index contributed by atoms with van der Waals surface area (Å²) >= 11 is 5.16. The standard InChI is InChI=1S/C27H47NO2S/c1-24(2,3)21(20-13-14-20)18-30-26(7,8)15-16-27(9,31)22(19-29-25(4,5)6)23-12-10-11-17-28-23/h10-12,17,20-22,31H,13-16,18-19H2,1-9H3/t21-,22-,27?/m0/s1. The molecule has 4 heteroatoms. The largest absolute Gasteiger partial charge is 0.375 e. The van der Waals surface area contributed by atoms with Gasteiger partial charge in [-0.2, -0.15) is 12.6 Å². The molecule has 178 valence electrons. The molecular weight excluding hydrogens is 402 g/mol. The Morgan fingerprint density at radius 2 is 1.58 bits per heavy atom. The monoisotopic (exact) mass is 449 g/mol. The van der Waals surface area contributed by atoms with Crippen LogP contribution in [0.25, 0.3) is 0 Å². The molecule has 31 heavy (non-hydrogen) atoms. The predicted octanol–water partition coefficient (Wildman–Crippen LogP) is 7.32. The maximum Gasteiger partial charge on any atom is 0.0627 e. The van der Waals surface area contributed by atoms with Crippen molar-refractivity contribution in [2.45, 2.75) is 110 Å². The zero-order valence-electron chi connectivity index (χ0n) is 21.5. The van der Waals surface area contributed by atoms with E-state index in [4.69, 9.17) is 22.1 Å². The van der Waals surface area contributed by atoms with Gasteiger partial charge in [0, 0.05) is 22.6 Å². The summed E-state index contributed by atoms with van der Waals surface area (Å²) in [5.41, 5.74) is 0.972. The molecule has 0 saturated heterocycles. The Hall–Kier alpha value is -0.580. The molecule has 3 nitrogen and oxygen atoms in total. The molecule has 0 aromatic carbocycles. The Kier molecular flexibility index (Phi) is 8.72. The van der Waals surface area contributed by atoms with Crippen LogP contribution < -0.4 is 0 Å². The van der Waals surface area contributed by atoms with E-state index in [1.807, 2.05) is 18.3 Å². The minimum absolute atomic E-state index is 0.112. The van der Waals surface area contributed by atoms with Crippen LogP contribution in [0.5, 0.6) is 0 Å². The Labute approximate surface area is 197 Å². The van der Waals surface area contributed by atoms with E-state index in [9.17, 15) is 0 Å². The van der Waals surface area contributed by atoms with Crippen LogP contribution in [-0.4, -0.2) is 34.1 Å². The SMILES string of the molecule is CC(C)(C)OC[C@@H](c1ccccn1)C(C)(S)CCC(C)(C)OC[C@@H](C1CC1)C(C)(C)C. The Morgan fingerprint density at radius 1 is 0.935 bits per heavy atom. The van der Waals surface area contributed by atoms with Gasteiger partial charge >= 0.3 is 0 Å². The quantitative estimate of drug-likeness (QED) is 0.359. The van der Waals surface area contributed by atoms with Gasteiger partial charge in [0.15, 0.2) is 0 Å². The molecule has 0 N–H and O–H groups in total. The summed E-state index contributed by atoms with van der Waals surface area (Å²) in [4.78, 5) is 4.64. The summed E-state index contributed by atoms with van der Waals surface area (Å²) in [6.07, 6.45) is 6.47. The molecule has 1 aliphatic rings. The molecular formula is C27H47NO2S. The first-order valence-corrected chi connectivity index (χ1v) is 12.5. The lowest BCUT2D eigenvalue weighted by atomic mass is 9.78. The first kappa shape index (κ1) is 26.7. The Bertz CT molecular complexity index is 669. The highest BCUT2D eigenvalue weighted by atomic mass is 32.1. The number of pyridine rings is 1. The minimum Gasteiger partial charge on any atom is -0.375 e. The van der Waals surface area contributed by atoms with Crippen molar-refractivity contribution in [1.82, 2.24) is 4.98 Å². The predicted molar refractivity (Wildman–Crippen MR) is 135 cm³/mol. The van der Waals surface area contributed by atoms with Gasteiger partial charge in [0.1, 0.15) is 0 Å². The molecule has 0 radical (unpaired) electrons. The maximum atomic E-state index is 6.53. The Morgan fingerprint density at radius 3 is 2.06 bits per heavy atom. The fourth-order valence-electron chi connectivity index (χ4n) is 4.21. The summed E-state index contributed by atoms with van der Waals surface area (Å²) in [7, 11) is 0. The lowest BCUT2D eigenvalue weighted by Gasteiger charge is -2.38. The van der Waals surface area contributed by atoms with E-state index in [-0.39, 0.29) is 21.9 Å². The van der Waals surface area contributed by atoms with Crippen LogP contribution in [0.2, 0.25) is 0 Å². The van der Waals surface area contributed by atoms with Crippen molar-refractivity contribution < 1.29 is 9.47 Å². The normalized spacial score (nSPS) is 19.7. The zero-order chi connectivity index (χ0) is 23.5. The average molecular weight is 450 g/mol. The molecule has 1 aromatic rings. The minimum atomic E-state index is -0.250.